The van der Waals surface area contributed by atoms with Gasteiger partial charge in [-0.25, -0.2) is 78.3 Å². The monoisotopic (exact) mass is 1090 g/mol. The molecule has 0 saturated carbocycles. The Hall–Kier alpha value is -3.70. The molecule has 6 rings (SSSR count). The van der Waals surface area contributed by atoms with Crippen molar-refractivity contribution in [2.45, 2.75) is 99.7 Å². The van der Waals surface area contributed by atoms with Crippen LogP contribution in [0.4, 0.5) is 0 Å². The van der Waals surface area contributed by atoms with Crippen molar-refractivity contribution in [2.75, 3.05) is 52.4 Å². The van der Waals surface area contributed by atoms with E-state index in [1.165, 1.54) is 48.6 Å². The minimum atomic E-state index is -4.63. The highest BCUT2D eigenvalue weighted by molar-refractivity contribution is 7.03. The highest BCUT2D eigenvalue weighted by atomic mass is 28.6. The number of hydrogen-bond acceptors (Lipinski definition) is 28. The first-order chi connectivity index (χ1) is 33.0. The van der Waals surface area contributed by atoms with Gasteiger partial charge in [-0.2, -0.15) is 0 Å². The van der Waals surface area contributed by atoms with Gasteiger partial charge in [0.15, 0.2) is 0 Å². The molecule has 6 aliphatic rings. The van der Waals surface area contributed by atoms with Crippen LogP contribution in [-0.4, -0.2) is 171 Å². The molecule has 6 aliphatic heterocycles. The summed E-state index contributed by atoms with van der Waals surface area (Å²) in [4.78, 5) is 121. The van der Waals surface area contributed by atoms with E-state index in [1.807, 2.05) is 0 Å². The number of nitrogens with zero attached hydrogens (tertiary/aromatic N) is 8. The van der Waals surface area contributed by atoms with E-state index >= 15 is 0 Å². The van der Waals surface area contributed by atoms with Crippen molar-refractivity contribution in [3.05, 3.63) is 0 Å². The largest absolute Gasteiger partial charge is 0.478 e. The zero-order valence-corrected chi connectivity index (χ0v) is 44.7. The van der Waals surface area contributed by atoms with Crippen LogP contribution in [0, 0.1) is 0 Å². The number of carbonyl (C=O) groups excluding carboxylic acids is 8. The van der Waals surface area contributed by atoms with Gasteiger partial charge >= 0.3 is 70.4 Å². The normalized spacial score (nSPS) is 32.7. The van der Waals surface area contributed by atoms with Crippen molar-refractivity contribution in [1.29, 1.82) is 0 Å². The summed E-state index contributed by atoms with van der Waals surface area (Å²) in [6.45, 7) is -0.613. The molecule has 6 heterocycles. The van der Waals surface area contributed by atoms with Gasteiger partial charge in [-0.1, -0.05) is 0 Å². The predicted molar refractivity (Wildman–Crippen MR) is 238 cm³/mol. The molecule has 0 aromatic carbocycles. The molecule has 0 aliphatic carbocycles. The van der Waals surface area contributed by atoms with E-state index in [-0.39, 0.29) is 152 Å². The Morgan fingerprint density at radius 1 is 0.206 bits per heavy atom. The minimum Gasteiger partial charge on any atom is -0.373 e. The Balaban J connectivity index is 1.93. The smallest absolute Gasteiger partial charge is 0.373 e. The fourth-order valence-electron chi connectivity index (χ4n) is 7.93. The van der Waals surface area contributed by atoms with Crippen LogP contribution < -0.4 is 0 Å². The molecule has 6 saturated heterocycles. The van der Waals surface area contributed by atoms with Crippen LogP contribution in [0.15, 0.2) is 39.9 Å². The summed E-state index contributed by atoms with van der Waals surface area (Å²) in [5.74, 6) is 0. The Labute approximate surface area is 397 Å². The van der Waals surface area contributed by atoms with Crippen LogP contribution in [0.3, 0.4) is 0 Å². The molecule has 0 atom stereocenters. The fraction of sp³-hybridized carbons (Fsp3) is 0.750. The third-order valence-corrected chi connectivity index (χ3v) is 47.9. The van der Waals surface area contributed by atoms with Crippen molar-refractivity contribution in [3.8, 4) is 0 Å². The van der Waals surface area contributed by atoms with Crippen LogP contribution in [0.5, 0.6) is 0 Å². The van der Waals surface area contributed by atoms with Gasteiger partial charge < -0.3 is 49.4 Å². The van der Waals surface area contributed by atoms with Gasteiger partial charge in [0.1, 0.15) is 0 Å². The van der Waals surface area contributed by atoms with Crippen molar-refractivity contribution in [3.63, 3.8) is 0 Å². The molecular weight excluding hydrogens is 1040 g/mol. The van der Waals surface area contributed by atoms with Crippen molar-refractivity contribution >= 4 is 119 Å². The first kappa shape index (κ1) is 55.2. The van der Waals surface area contributed by atoms with Crippen molar-refractivity contribution in [2.24, 2.45) is 39.9 Å². The molecule has 0 unspecified atom stereocenters. The number of rotatable bonds is 32. The molecule has 8 bridgehead atoms. The highest BCUT2D eigenvalue weighted by Crippen LogP contribution is 2.54. The van der Waals surface area contributed by atoms with Gasteiger partial charge in [0, 0.05) is 48.4 Å². The lowest BCUT2D eigenvalue weighted by Gasteiger charge is -2.63. The summed E-state index contributed by atoms with van der Waals surface area (Å²) in [5, 5.41) is 0. The quantitative estimate of drug-likeness (QED) is 0.0399. The van der Waals surface area contributed by atoms with Gasteiger partial charge in [-0.3, -0.25) is 0 Å². The molecular formula is C32H48N8O20Si8. The van der Waals surface area contributed by atoms with Crippen LogP contribution >= 0.6 is 0 Å². The molecule has 28 nitrogen and oxygen atoms in total. The number of aliphatic imine (C=N–C) groups is 8. The Kier molecular flexibility index (Phi) is 21.5. The van der Waals surface area contributed by atoms with Crippen LogP contribution in [0.25, 0.3) is 0 Å². The van der Waals surface area contributed by atoms with Gasteiger partial charge in [0.05, 0.1) is 52.4 Å². The maximum Gasteiger partial charge on any atom is 0.478 e. The van der Waals surface area contributed by atoms with Crippen molar-refractivity contribution in [1.82, 2.24) is 0 Å². The highest BCUT2D eigenvalue weighted by Gasteiger charge is 2.82. The predicted octanol–water partition coefficient (Wildman–Crippen LogP) is 1.57. The Morgan fingerprint density at radius 3 is 0.397 bits per heavy atom. The van der Waals surface area contributed by atoms with E-state index in [9.17, 15) is 38.4 Å². The molecule has 0 amide bonds. The fourth-order valence-corrected chi connectivity index (χ4v) is 58.2. The third-order valence-electron chi connectivity index (χ3n) is 10.3. The van der Waals surface area contributed by atoms with E-state index in [0.29, 0.717) is 0 Å². The van der Waals surface area contributed by atoms with Gasteiger partial charge in [0.2, 0.25) is 48.6 Å². The van der Waals surface area contributed by atoms with E-state index in [4.69, 9.17) is 49.4 Å². The lowest BCUT2D eigenvalue weighted by atomic mass is 10.5. The second-order valence-corrected chi connectivity index (χ2v) is 40.0. The SMILES string of the molecule is O=C=NCCC[Si]12O[Si]3(CCCN=C=O)O[Si]4(CCCN=C=O)O[Si](CCCN=C=O)(O1)O[Si]1(CCCN=C=O)O[Si](CCCN=C=O)(O2)O[Si](CCCN=C=O)(O3)O[Si](CCCN=C=O)(O4)O1. The lowest BCUT2D eigenvalue weighted by molar-refractivity contribution is -0.0310. The average Bonchev–Trinajstić information content (AvgIpc) is 3.28. The summed E-state index contributed by atoms with van der Waals surface area (Å²) in [5.41, 5.74) is 0. The molecule has 368 valence electrons. The third kappa shape index (κ3) is 15.1. The second kappa shape index (κ2) is 26.5. The number of isocyanates is 8. The average molecular weight is 1090 g/mol. The summed E-state index contributed by atoms with van der Waals surface area (Å²) in [6, 6.07) is -0.997. The standard InChI is InChI=1S/C32H48N8O20Si8/c41-25-33-9-1-17-61-49-62(18-2-10-34-26-42)52-65(21-5-13-37-29-45)54-63(50-61,19-3-11-35-27-43)56-67(23-7-15-39-31-47)57-64(51-61,20-4-12-36-28-44)55-66(53-62,22-6-14-38-30-46)59-68(58-65,60-67)24-8-16-40-32-48/h1-24H2. The van der Waals surface area contributed by atoms with Crippen LogP contribution in [0.1, 0.15) is 51.4 Å². The summed E-state index contributed by atoms with van der Waals surface area (Å²) < 4.78 is 88.7. The minimum absolute atomic E-state index is 0.0767. The van der Waals surface area contributed by atoms with Gasteiger partial charge in [-0.05, 0) is 51.4 Å². The molecule has 0 aromatic heterocycles. The lowest BCUT2D eigenvalue weighted by Crippen LogP contribution is -2.88. The van der Waals surface area contributed by atoms with E-state index < -0.39 is 70.4 Å². The Bertz CT molecular complexity index is 1650. The van der Waals surface area contributed by atoms with E-state index in [1.54, 1.807) is 0 Å². The van der Waals surface area contributed by atoms with Crippen LogP contribution in [0.2, 0.25) is 48.4 Å². The van der Waals surface area contributed by atoms with E-state index in [2.05, 4.69) is 39.9 Å². The maximum atomic E-state index is 11.3. The first-order valence-electron chi connectivity index (χ1n) is 21.7. The molecule has 68 heavy (non-hydrogen) atoms. The summed E-state index contributed by atoms with van der Waals surface area (Å²) >= 11 is 0. The zero-order chi connectivity index (χ0) is 48.8. The van der Waals surface area contributed by atoms with Gasteiger partial charge in [0.25, 0.3) is 0 Å². The molecule has 0 N–H and O–H groups in total. The Morgan fingerprint density at radius 2 is 0.309 bits per heavy atom. The molecule has 6 fully saturated rings. The number of hydrogen-bond donors (Lipinski definition) is 0. The second-order valence-electron chi connectivity index (χ2n) is 15.3. The molecule has 36 heteroatoms. The molecule has 0 spiro atoms. The van der Waals surface area contributed by atoms with Crippen LogP contribution in [-0.2, 0) is 87.7 Å². The topological polar surface area (TPSA) is 346 Å². The zero-order valence-electron chi connectivity index (χ0n) is 36.7. The van der Waals surface area contributed by atoms with E-state index in [0.717, 1.165) is 0 Å². The molecule has 0 radical (unpaired) electrons. The molecule has 0 aromatic rings. The first-order valence-corrected chi connectivity index (χ1v) is 37.1. The van der Waals surface area contributed by atoms with Crippen molar-refractivity contribution < 1.29 is 87.7 Å². The summed E-state index contributed by atoms with van der Waals surface area (Å²) in [6.07, 6.45) is 12.8. The van der Waals surface area contributed by atoms with Gasteiger partial charge in [-0.15, -0.1) is 0 Å². The summed E-state index contributed by atoms with van der Waals surface area (Å²) in [7, 11) is -37.1. The maximum absolute atomic E-state index is 11.3.